The molecule has 108 valence electrons. The Bertz CT molecular complexity index is 630. The average molecular weight is 281 g/mol. The molecule has 0 aliphatic carbocycles. The van der Waals surface area contributed by atoms with Gasteiger partial charge in [0.2, 0.25) is 0 Å². The van der Waals surface area contributed by atoms with Gasteiger partial charge < -0.3 is 10.4 Å². The van der Waals surface area contributed by atoms with Gasteiger partial charge in [-0.3, -0.25) is 4.79 Å². The van der Waals surface area contributed by atoms with Gasteiger partial charge in [-0.1, -0.05) is 49.8 Å². The van der Waals surface area contributed by atoms with Gasteiger partial charge in [-0.2, -0.15) is 0 Å². The van der Waals surface area contributed by atoms with E-state index in [2.05, 4.69) is 18.3 Å². The highest BCUT2D eigenvalue weighted by molar-refractivity contribution is 6.05. The number of carbonyl (C=O) groups excluding carboxylic acids is 1. The Morgan fingerprint density at radius 1 is 1.14 bits per heavy atom. The summed E-state index contributed by atoms with van der Waals surface area (Å²) < 4.78 is 0. The molecule has 0 aliphatic heterocycles. The van der Waals surface area contributed by atoms with E-state index in [0.29, 0.717) is 11.3 Å². The smallest absolute Gasteiger partial charge is 0.255 e. The molecule has 0 saturated carbocycles. The summed E-state index contributed by atoms with van der Waals surface area (Å²) in [6, 6.07) is 14.0. The third kappa shape index (κ3) is 4.21. The Labute approximate surface area is 124 Å². The zero-order valence-corrected chi connectivity index (χ0v) is 12.0. The van der Waals surface area contributed by atoms with Crippen molar-refractivity contribution in [2.24, 2.45) is 0 Å². The van der Waals surface area contributed by atoms with Crippen LogP contribution in [0.15, 0.2) is 54.6 Å². The van der Waals surface area contributed by atoms with Crippen LogP contribution in [0.4, 0.5) is 5.69 Å². The van der Waals surface area contributed by atoms with Crippen molar-refractivity contribution in [3.8, 4) is 5.75 Å². The van der Waals surface area contributed by atoms with Crippen LogP contribution < -0.4 is 5.32 Å². The Kier molecular flexibility index (Phi) is 5.16. The minimum absolute atomic E-state index is 0.0602. The normalized spacial score (nSPS) is 10.7. The lowest BCUT2D eigenvalue weighted by Crippen LogP contribution is -2.11. The minimum Gasteiger partial charge on any atom is -0.506 e. The molecule has 2 rings (SSSR count). The van der Waals surface area contributed by atoms with Crippen LogP contribution in [0.5, 0.6) is 5.75 Å². The third-order valence-electron chi connectivity index (χ3n) is 3.09. The number of rotatable bonds is 5. The largest absolute Gasteiger partial charge is 0.506 e. The van der Waals surface area contributed by atoms with Crippen LogP contribution in [-0.2, 0) is 0 Å². The Balaban J connectivity index is 2.05. The second-order valence-corrected chi connectivity index (χ2v) is 4.78. The molecule has 0 saturated heterocycles. The average Bonchev–Trinajstić information content (AvgIpc) is 2.50. The molecule has 1 amide bonds. The van der Waals surface area contributed by atoms with E-state index in [0.717, 1.165) is 18.4 Å². The molecule has 0 aromatic heterocycles. The van der Waals surface area contributed by atoms with Crippen molar-refractivity contribution in [3.05, 3.63) is 65.7 Å². The van der Waals surface area contributed by atoms with Gasteiger partial charge in [-0.15, -0.1) is 0 Å². The molecule has 0 unspecified atom stereocenters. The lowest BCUT2D eigenvalue weighted by Gasteiger charge is -2.07. The number of aromatic hydroxyl groups is 1. The number of anilines is 1. The molecule has 0 bridgehead atoms. The van der Waals surface area contributed by atoms with Crippen LogP contribution in [0, 0.1) is 0 Å². The molecule has 0 aliphatic rings. The zero-order chi connectivity index (χ0) is 15.1. The highest BCUT2D eigenvalue weighted by Gasteiger charge is 2.07. The Hall–Kier alpha value is -2.55. The standard InChI is InChI=1S/C18H19NO2/c1-2-3-4-7-14-10-12-15(13-11-14)18(21)19-16-8-5-6-9-17(16)20/h4-13,20H,2-3H2,1H3,(H,19,21). The van der Waals surface area contributed by atoms with Crippen LogP contribution in [0.25, 0.3) is 6.08 Å². The summed E-state index contributed by atoms with van der Waals surface area (Å²) in [7, 11) is 0. The van der Waals surface area contributed by atoms with Crippen LogP contribution in [-0.4, -0.2) is 11.0 Å². The lowest BCUT2D eigenvalue weighted by atomic mass is 10.1. The van der Waals surface area contributed by atoms with Crippen molar-refractivity contribution in [1.29, 1.82) is 0 Å². The molecule has 2 N–H and O–H groups in total. The first-order valence-corrected chi connectivity index (χ1v) is 7.06. The second-order valence-electron chi connectivity index (χ2n) is 4.78. The molecular formula is C18H19NO2. The van der Waals surface area contributed by atoms with Crippen LogP contribution >= 0.6 is 0 Å². The van der Waals surface area contributed by atoms with Crippen LogP contribution in [0.3, 0.4) is 0 Å². The first kappa shape index (κ1) is 14.9. The van der Waals surface area contributed by atoms with Gasteiger partial charge in [0.1, 0.15) is 5.75 Å². The van der Waals surface area contributed by atoms with Crippen molar-refractivity contribution in [1.82, 2.24) is 0 Å². The quantitative estimate of drug-likeness (QED) is 0.795. The SMILES string of the molecule is CCCC=Cc1ccc(C(=O)Nc2ccccc2O)cc1. The molecule has 3 heteroatoms. The molecule has 0 spiro atoms. The van der Waals surface area contributed by atoms with Gasteiger partial charge in [0, 0.05) is 5.56 Å². The van der Waals surface area contributed by atoms with Gasteiger partial charge in [0.25, 0.3) is 5.91 Å². The number of carbonyl (C=O) groups is 1. The van der Waals surface area contributed by atoms with Gasteiger partial charge in [-0.05, 0) is 36.2 Å². The van der Waals surface area contributed by atoms with E-state index in [1.54, 1.807) is 30.3 Å². The molecular weight excluding hydrogens is 262 g/mol. The molecule has 2 aromatic carbocycles. The predicted octanol–water partition coefficient (Wildman–Crippen LogP) is 4.46. The molecule has 3 nitrogen and oxygen atoms in total. The molecule has 0 fully saturated rings. The minimum atomic E-state index is -0.236. The van der Waals surface area contributed by atoms with Crippen molar-refractivity contribution >= 4 is 17.7 Å². The number of phenolic OH excluding ortho intramolecular Hbond substituents is 1. The predicted molar refractivity (Wildman–Crippen MR) is 86.4 cm³/mol. The number of amides is 1. The first-order chi connectivity index (χ1) is 10.2. The maximum absolute atomic E-state index is 12.1. The number of nitrogens with one attached hydrogen (secondary N) is 1. The number of hydrogen-bond donors (Lipinski definition) is 2. The van der Waals surface area contributed by atoms with E-state index in [1.807, 2.05) is 18.2 Å². The highest BCUT2D eigenvalue weighted by Crippen LogP contribution is 2.22. The highest BCUT2D eigenvalue weighted by atomic mass is 16.3. The van der Waals surface area contributed by atoms with E-state index in [-0.39, 0.29) is 11.7 Å². The van der Waals surface area contributed by atoms with Crippen molar-refractivity contribution in [2.75, 3.05) is 5.32 Å². The number of hydrogen-bond acceptors (Lipinski definition) is 2. The molecule has 0 atom stereocenters. The summed E-state index contributed by atoms with van der Waals surface area (Å²) in [6.45, 7) is 2.14. The van der Waals surface area contributed by atoms with Gasteiger partial charge in [-0.25, -0.2) is 0 Å². The number of para-hydroxylation sites is 2. The van der Waals surface area contributed by atoms with Crippen molar-refractivity contribution in [2.45, 2.75) is 19.8 Å². The number of benzene rings is 2. The molecule has 2 aromatic rings. The Morgan fingerprint density at radius 3 is 2.52 bits per heavy atom. The van der Waals surface area contributed by atoms with Crippen molar-refractivity contribution in [3.63, 3.8) is 0 Å². The summed E-state index contributed by atoms with van der Waals surface area (Å²) in [6.07, 6.45) is 6.35. The zero-order valence-electron chi connectivity index (χ0n) is 12.0. The number of allylic oxidation sites excluding steroid dienone is 1. The molecule has 21 heavy (non-hydrogen) atoms. The summed E-state index contributed by atoms with van der Waals surface area (Å²) >= 11 is 0. The Morgan fingerprint density at radius 2 is 1.86 bits per heavy atom. The van der Waals surface area contributed by atoms with E-state index >= 15 is 0 Å². The number of unbranched alkanes of at least 4 members (excludes halogenated alkanes) is 1. The summed E-state index contributed by atoms with van der Waals surface area (Å²) in [5.74, 6) is -0.175. The third-order valence-corrected chi connectivity index (χ3v) is 3.09. The topological polar surface area (TPSA) is 49.3 Å². The van der Waals surface area contributed by atoms with E-state index in [1.165, 1.54) is 6.07 Å². The van der Waals surface area contributed by atoms with Crippen LogP contribution in [0.2, 0.25) is 0 Å². The fourth-order valence-electron chi connectivity index (χ4n) is 1.91. The van der Waals surface area contributed by atoms with Crippen LogP contribution in [0.1, 0.15) is 35.7 Å². The van der Waals surface area contributed by atoms with E-state index < -0.39 is 0 Å². The van der Waals surface area contributed by atoms with Gasteiger partial charge >= 0.3 is 0 Å². The molecule has 0 radical (unpaired) electrons. The second kappa shape index (κ2) is 7.29. The van der Waals surface area contributed by atoms with E-state index in [9.17, 15) is 9.90 Å². The van der Waals surface area contributed by atoms with Gasteiger partial charge in [0.05, 0.1) is 5.69 Å². The summed E-state index contributed by atoms with van der Waals surface area (Å²) in [5, 5.41) is 12.3. The molecule has 0 heterocycles. The van der Waals surface area contributed by atoms with Crippen molar-refractivity contribution < 1.29 is 9.90 Å². The van der Waals surface area contributed by atoms with Gasteiger partial charge in [0.15, 0.2) is 0 Å². The maximum Gasteiger partial charge on any atom is 0.255 e. The lowest BCUT2D eigenvalue weighted by molar-refractivity contribution is 0.102. The maximum atomic E-state index is 12.1. The number of phenols is 1. The fourth-order valence-corrected chi connectivity index (χ4v) is 1.91. The fraction of sp³-hybridized carbons (Fsp3) is 0.167. The van der Waals surface area contributed by atoms with E-state index in [4.69, 9.17) is 0 Å². The summed E-state index contributed by atoms with van der Waals surface area (Å²) in [5.41, 5.74) is 2.04. The monoisotopic (exact) mass is 281 g/mol. The summed E-state index contributed by atoms with van der Waals surface area (Å²) in [4.78, 5) is 12.1. The first-order valence-electron chi connectivity index (χ1n) is 7.06.